The van der Waals surface area contributed by atoms with Gasteiger partial charge in [-0.25, -0.2) is 22.5 Å². The Labute approximate surface area is 149 Å². The minimum absolute atomic E-state index is 0.106. The van der Waals surface area contributed by atoms with Gasteiger partial charge in [-0.3, -0.25) is 0 Å². The zero-order chi connectivity index (χ0) is 17.9. The standard InChI is InChI=1S/C17H15FN2O3S2/c1-23-15-4-2-3-12(9-15)10-20-25(21,22)16-11-19-17(24-16)13-5-7-14(18)8-6-13/h2-9,11,20H,10H2,1H3. The van der Waals surface area contributed by atoms with Crippen molar-refractivity contribution >= 4 is 21.4 Å². The monoisotopic (exact) mass is 378 g/mol. The number of ether oxygens (including phenoxy) is 1. The quantitative estimate of drug-likeness (QED) is 0.713. The van der Waals surface area contributed by atoms with Crippen LogP contribution in [0.25, 0.3) is 10.6 Å². The predicted molar refractivity (Wildman–Crippen MR) is 94.5 cm³/mol. The van der Waals surface area contributed by atoms with Crippen LogP contribution in [0.1, 0.15) is 5.56 Å². The molecule has 0 saturated carbocycles. The van der Waals surface area contributed by atoms with Crippen LogP contribution in [-0.2, 0) is 16.6 Å². The maximum Gasteiger partial charge on any atom is 0.251 e. The Morgan fingerprint density at radius 3 is 2.68 bits per heavy atom. The van der Waals surface area contributed by atoms with Crippen LogP contribution in [-0.4, -0.2) is 20.5 Å². The van der Waals surface area contributed by atoms with Crippen molar-refractivity contribution in [1.29, 1.82) is 0 Å². The molecule has 1 N–H and O–H groups in total. The van der Waals surface area contributed by atoms with Gasteiger partial charge in [0.2, 0.25) is 0 Å². The minimum atomic E-state index is -3.68. The van der Waals surface area contributed by atoms with Gasteiger partial charge in [-0.15, -0.1) is 11.3 Å². The molecule has 0 bridgehead atoms. The van der Waals surface area contributed by atoms with Gasteiger partial charge in [0.15, 0.2) is 4.21 Å². The Bertz CT molecular complexity index is 970. The lowest BCUT2D eigenvalue weighted by Gasteiger charge is -2.06. The van der Waals surface area contributed by atoms with E-state index in [1.54, 1.807) is 37.4 Å². The molecule has 25 heavy (non-hydrogen) atoms. The molecule has 0 amide bonds. The fraction of sp³-hybridized carbons (Fsp3) is 0.118. The highest BCUT2D eigenvalue weighted by Gasteiger charge is 2.18. The first-order valence-electron chi connectivity index (χ1n) is 7.32. The van der Waals surface area contributed by atoms with E-state index in [0.29, 0.717) is 16.3 Å². The molecule has 3 rings (SSSR count). The Morgan fingerprint density at radius 1 is 1.20 bits per heavy atom. The number of hydrogen-bond acceptors (Lipinski definition) is 5. The highest BCUT2D eigenvalue weighted by atomic mass is 32.2. The molecule has 3 aromatic rings. The van der Waals surface area contributed by atoms with Crippen LogP contribution in [0.15, 0.2) is 58.9 Å². The summed E-state index contributed by atoms with van der Waals surface area (Å²) in [7, 11) is -2.13. The Kier molecular flexibility index (Phi) is 5.12. The number of hydrogen-bond donors (Lipinski definition) is 1. The maximum atomic E-state index is 13.0. The summed E-state index contributed by atoms with van der Waals surface area (Å²) >= 11 is 1.03. The second-order valence-corrected chi connectivity index (χ2v) is 8.19. The number of benzene rings is 2. The van der Waals surface area contributed by atoms with E-state index in [1.165, 1.54) is 18.3 Å². The minimum Gasteiger partial charge on any atom is -0.497 e. The third-order valence-electron chi connectivity index (χ3n) is 3.44. The highest BCUT2D eigenvalue weighted by molar-refractivity contribution is 7.91. The molecule has 0 spiro atoms. The van der Waals surface area contributed by atoms with Crippen LogP contribution in [0, 0.1) is 5.82 Å². The second-order valence-electron chi connectivity index (χ2n) is 5.17. The lowest BCUT2D eigenvalue weighted by atomic mass is 10.2. The number of aromatic nitrogens is 1. The summed E-state index contributed by atoms with van der Waals surface area (Å²) in [4.78, 5) is 4.12. The molecule has 1 heterocycles. The van der Waals surface area contributed by atoms with Crippen molar-refractivity contribution < 1.29 is 17.5 Å². The molecule has 8 heteroatoms. The summed E-state index contributed by atoms with van der Waals surface area (Å²) in [6, 6.07) is 12.9. The molecular formula is C17H15FN2O3S2. The summed E-state index contributed by atoms with van der Waals surface area (Å²) in [5.41, 5.74) is 1.45. The smallest absolute Gasteiger partial charge is 0.251 e. The molecule has 0 unspecified atom stereocenters. The van der Waals surface area contributed by atoms with E-state index in [2.05, 4.69) is 9.71 Å². The molecule has 0 aliphatic rings. The van der Waals surface area contributed by atoms with Crippen molar-refractivity contribution in [1.82, 2.24) is 9.71 Å². The number of halogens is 1. The van der Waals surface area contributed by atoms with Gasteiger partial charge in [0.25, 0.3) is 10.0 Å². The van der Waals surface area contributed by atoms with Crippen LogP contribution < -0.4 is 9.46 Å². The molecule has 5 nitrogen and oxygen atoms in total. The Morgan fingerprint density at radius 2 is 1.96 bits per heavy atom. The highest BCUT2D eigenvalue weighted by Crippen LogP contribution is 2.28. The van der Waals surface area contributed by atoms with E-state index >= 15 is 0 Å². The number of rotatable bonds is 6. The maximum absolute atomic E-state index is 13.0. The third kappa shape index (κ3) is 4.22. The van der Waals surface area contributed by atoms with Crippen LogP contribution in [0.3, 0.4) is 0 Å². The van der Waals surface area contributed by atoms with Gasteiger partial charge in [0.05, 0.1) is 13.3 Å². The summed E-state index contributed by atoms with van der Waals surface area (Å²) in [6.07, 6.45) is 1.30. The second kappa shape index (κ2) is 7.30. The Balaban J connectivity index is 1.75. The van der Waals surface area contributed by atoms with Crippen molar-refractivity contribution in [3.8, 4) is 16.3 Å². The van der Waals surface area contributed by atoms with Crippen molar-refractivity contribution in [2.24, 2.45) is 0 Å². The molecule has 0 fully saturated rings. The number of nitrogens with one attached hydrogen (secondary N) is 1. The molecule has 0 saturated heterocycles. The fourth-order valence-electron chi connectivity index (χ4n) is 2.14. The van der Waals surface area contributed by atoms with E-state index < -0.39 is 10.0 Å². The molecule has 1 aromatic heterocycles. The lowest BCUT2D eigenvalue weighted by Crippen LogP contribution is -2.22. The van der Waals surface area contributed by atoms with Crippen molar-refractivity contribution in [2.45, 2.75) is 10.8 Å². The zero-order valence-corrected chi connectivity index (χ0v) is 14.9. The first-order chi connectivity index (χ1) is 12.0. The topological polar surface area (TPSA) is 68.3 Å². The molecule has 0 atom stereocenters. The van der Waals surface area contributed by atoms with Gasteiger partial charge in [-0.2, -0.15) is 0 Å². The van der Waals surface area contributed by atoms with Gasteiger partial charge in [-0.1, -0.05) is 12.1 Å². The number of sulfonamides is 1. The number of thiazole rings is 1. The van der Waals surface area contributed by atoms with Crippen LogP contribution in [0.4, 0.5) is 4.39 Å². The van der Waals surface area contributed by atoms with Crippen LogP contribution in [0.2, 0.25) is 0 Å². The molecule has 0 aliphatic carbocycles. The average Bonchev–Trinajstić information content (AvgIpc) is 3.12. The molecular weight excluding hydrogens is 363 g/mol. The normalized spacial score (nSPS) is 11.4. The number of methoxy groups -OCH3 is 1. The predicted octanol–water partition coefficient (Wildman–Crippen LogP) is 3.44. The van der Waals surface area contributed by atoms with Gasteiger partial charge < -0.3 is 4.74 Å². The SMILES string of the molecule is COc1cccc(CNS(=O)(=O)c2cnc(-c3ccc(F)cc3)s2)c1. The third-order valence-corrected chi connectivity index (χ3v) is 6.35. The summed E-state index contributed by atoms with van der Waals surface area (Å²) < 4.78 is 45.6. The summed E-state index contributed by atoms with van der Waals surface area (Å²) in [5, 5.41) is 0.516. The van der Waals surface area contributed by atoms with Crippen LogP contribution in [0.5, 0.6) is 5.75 Å². The fourth-order valence-corrected chi connectivity index (χ4v) is 4.34. The largest absolute Gasteiger partial charge is 0.497 e. The van der Waals surface area contributed by atoms with E-state index in [1.807, 2.05) is 6.07 Å². The van der Waals surface area contributed by atoms with Gasteiger partial charge in [-0.05, 0) is 42.0 Å². The Hall–Kier alpha value is -2.29. The van der Waals surface area contributed by atoms with Crippen molar-refractivity contribution in [3.05, 3.63) is 66.1 Å². The molecule has 0 radical (unpaired) electrons. The van der Waals surface area contributed by atoms with Gasteiger partial charge >= 0.3 is 0 Å². The molecule has 2 aromatic carbocycles. The zero-order valence-electron chi connectivity index (χ0n) is 13.3. The summed E-state index contributed by atoms with van der Waals surface area (Å²) in [6.45, 7) is 0.142. The molecule has 0 aliphatic heterocycles. The van der Waals surface area contributed by atoms with E-state index in [4.69, 9.17) is 4.74 Å². The first kappa shape index (κ1) is 17.5. The molecule has 130 valence electrons. The van der Waals surface area contributed by atoms with E-state index in [0.717, 1.165) is 16.9 Å². The number of nitrogens with zero attached hydrogens (tertiary/aromatic N) is 1. The van der Waals surface area contributed by atoms with E-state index in [-0.39, 0.29) is 16.6 Å². The van der Waals surface area contributed by atoms with Crippen LogP contribution >= 0.6 is 11.3 Å². The van der Waals surface area contributed by atoms with Crippen molar-refractivity contribution in [3.63, 3.8) is 0 Å². The van der Waals surface area contributed by atoms with Crippen molar-refractivity contribution in [2.75, 3.05) is 7.11 Å². The lowest BCUT2D eigenvalue weighted by molar-refractivity contribution is 0.414. The van der Waals surface area contributed by atoms with Gasteiger partial charge in [0.1, 0.15) is 16.6 Å². The van der Waals surface area contributed by atoms with Gasteiger partial charge in [0, 0.05) is 12.1 Å². The first-order valence-corrected chi connectivity index (χ1v) is 9.62. The average molecular weight is 378 g/mol. The summed E-state index contributed by atoms with van der Waals surface area (Å²) in [5.74, 6) is 0.307. The van der Waals surface area contributed by atoms with E-state index in [9.17, 15) is 12.8 Å².